The van der Waals surface area contributed by atoms with E-state index < -0.39 is 11.8 Å². The molecular formula is C18H15N3O4S. The van der Waals surface area contributed by atoms with Gasteiger partial charge in [0.05, 0.1) is 22.6 Å². The zero-order valence-corrected chi connectivity index (χ0v) is 14.3. The van der Waals surface area contributed by atoms with Gasteiger partial charge in [-0.2, -0.15) is 0 Å². The lowest BCUT2D eigenvalue weighted by molar-refractivity contribution is -0.121. The minimum absolute atomic E-state index is 0.163. The van der Waals surface area contributed by atoms with Crippen LogP contribution in [0.2, 0.25) is 0 Å². The minimum Gasteiger partial charge on any atom is -0.459 e. The van der Waals surface area contributed by atoms with E-state index in [1.54, 1.807) is 24.3 Å². The van der Waals surface area contributed by atoms with Crippen LogP contribution < -0.4 is 16.2 Å². The third-order valence-corrected chi connectivity index (χ3v) is 4.33. The Morgan fingerprint density at radius 1 is 0.885 bits per heavy atom. The van der Waals surface area contributed by atoms with Crippen LogP contribution in [0.25, 0.3) is 0 Å². The largest absolute Gasteiger partial charge is 0.459 e. The maximum Gasteiger partial charge on any atom is 0.291 e. The fourth-order valence-electron chi connectivity index (χ4n) is 2.12. The van der Waals surface area contributed by atoms with Crippen molar-refractivity contribution in [1.82, 2.24) is 10.9 Å². The van der Waals surface area contributed by atoms with Crippen molar-refractivity contribution in [2.45, 2.75) is 6.42 Å². The number of carbonyl (C=O) groups is 3. The topological polar surface area (TPSA) is 100 Å². The van der Waals surface area contributed by atoms with E-state index in [9.17, 15) is 14.4 Å². The Hall–Kier alpha value is -3.39. The van der Waals surface area contributed by atoms with E-state index in [0.717, 1.165) is 16.9 Å². The average Bonchev–Trinajstić information content (AvgIpc) is 3.32. The highest BCUT2D eigenvalue weighted by molar-refractivity contribution is 7.18. The molecule has 3 amide bonds. The second-order valence-electron chi connectivity index (χ2n) is 5.26. The van der Waals surface area contributed by atoms with Gasteiger partial charge in [-0.25, -0.2) is 0 Å². The summed E-state index contributed by atoms with van der Waals surface area (Å²) in [6.07, 6.45) is 1.57. The molecule has 0 fully saturated rings. The number of rotatable bonds is 5. The molecule has 1 aromatic carbocycles. The van der Waals surface area contributed by atoms with Crippen molar-refractivity contribution in [3.8, 4) is 0 Å². The third-order valence-electron chi connectivity index (χ3n) is 3.33. The van der Waals surface area contributed by atoms with Crippen LogP contribution in [0.4, 0.5) is 5.00 Å². The molecule has 0 aliphatic rings. The van der Waals surface area contributed by atoms with Gasteiger partial charge >= 0.3 is 0 Å². The molecule has 3 N–H and O–H groups in total. The van der Waals surface area contributed by atoms with Gasteiger partial charge in [-0.3, -0.25) is 25.2 Å². The number of hydrogen-bond acceptors (Lipinski definition) is 5. The number of amides is 3. The van der Waals surface area contributed by atoms with Gasteiger partial charge in [-0.05, 0) is 29.8 Å². The van der Waals surface area contributed by atoms with Gasteiger partial charge in [0.15, 0.2) is 5.76 Å². The van der Waals surface area contributed by atoms with Crippen LogP contribution in [0.5, 0.6) is 0 Å². The molecule has 26 heavy (non-hydrogen) atoms. The molecule has 0 aliphatic carbocycles. The van der Waals surface area contributed by atoms with Crippen molar-refractivity contribution >= 4 is 34.1 Å². The first kappa shape index (κ1) is 17.4. The van der Waals surface area contributed by atoms with Crippen LogP contribution in [0.15, 0.2) is 65.3 Å². The Balaban J connectivity index is 1.50. The summed E-state index contributed by atoms with van der Waals surface area (Å²) in [4.78, 5) is 36.2. The van der Waals surface area contributed by atoms with Crippen LogP contribution in [0, 0.1) is 0 Å². The molecule has 0 bridgehead atoms. The second kappa shape index (κ2) is 8.13. The van der Waals surface area contributed by atoms with Crippen LogP contribution in [-0.2, 0) is 11.2 Å². The Labute approximate surface area is 153 Å². The lowest BCUT2D eigenvalue weighted by atomic mass is 10.1. The molecule has 0 aliphatic heterocycles. The highest BCUT2D eigenvalue weighted by atomic mass is 32.1. The van der Waals surface area contributed by atoms with Gasteiger partial charge in [0.25, 0.3) is 11.8 Å². The predicted molar refractivity (Wildman–Crippen MR) is 96.7 cm³/mol. The van der Waals surface area contributed by atoms with E-state index in [4.69, 9.17) is 4.42 Å². The monoisotopic (exact) mass is 369 g/mol. The molecular weight excluding hydrogens is 354 g/mol. The second-order valence-corrected chi connectivity index (χ2v) is 6.34. The summed E-state index contributed by atoms with van der Waals surface area (Å²) >= 11 is 1.09. The quantitative estimate of drug-likeness (QED) is 0.602. The molecule has 8 heteroatoms. The Kier molecular flexibility index (Phi) is 5.45. The molecule has 3 rings (SSSR count). The number of hydrazine groups is 1. The number of nitrogens with one attached hydrogen (secondary N) is 3. The van der Waals surface area contributed by atoms with E-state index in [0.29, 0.717) is 9.88 Å². The van der Waals surface area contributed by atoms with Crippen molar-refractivity contribution in [1.29, 1.82) is 0 Å². The summed E-state index contributed by atoms with van der Waals surface area (Å²) in [5, 5.41) is 3.13. The fourth-order valence-corrected chi connectivity index (χ4v) is 2.92. The van der Waals surface area contributed by atoms with Crippen molar-refractivity contribution in [3.63, 3.8) is 0 Å². The standard InChI is InChI=1S/C18H15N3O4S/c22-15(11-12-5-2-1-3-6-12)20-21-18(24)14-8-9-16(26-14)19-17(23)13-7-4-10-25-13/h1-10H,11H2,(H,19,23)(H,20,22)(H,21,24). The summed E-state index contributed by atoms with van der Waals surface area (Å²) in [6, 6.07) is 15.5. The summed E-state index contributed by atoms with van der Waals surface area (Å²) in [6.45, 7) is 0. The zero-order chi connectivity index (χ0) is 18.4. The molecule has 0 atom stereocenters. The highest BCUT2D eigenvalue weighted by Crippen LogP contribution is 2.22. The molecule has 2 aromatic heterocycles. The Morgan fingerprint density at radius 2 is 1.69 bits per heavy atom. The average molecular weight is 369 g/mol. The zero-order valence-electron chi connectivity index (χ0n) is 13.5. The highest BCUT2D eigenvalue weighted by Gasteiger charge is 2.14. The van der Waals surface area contributed by atoms with Gasteiger partial charge in [-0.1, -0.05) is 30.3 Å². The molecule has 0 saturated carbocycles. The van der Waals surface area contributed by atoms with E-state index >= 15 is 0 Å². The first-order valence-corrected chi connectivity index (χ1v) is 8.51. The maximum atomic E-state index is 12.1. The van der Waals surface area contributed by atoms with Crippen molar-refractivity contribution in [2.24, 2.45) is 0 Å². The van der Waals surface area contributed by atoms with Crippen LogP contribution in [0.1, 0.15) is 25.8 Å². The van der Waals surface area contributed by atoms with Crippen molar-refractivity contribution in [2.75, 3.05) is 5.32 Å². The molecule has 2 heterocycles. The number of furan rings is 1. The van der Waals surface area contributed by atoms with Crippen LogP contribution in [0.3, 0.4) is 0 Å². The lowest BCUT2D eigenvalue weighted by Gasteiger charge is -2.06. The first-order chi connectivity index (χ1) is 12.6. The van der Waals surface area contributed by atoms with Gasteiger partial charge in [0, 0.05) is 0 Å². The Morgan fingerprint density at radius 3 is 2.42 bits per heavy atom. The summed E-state index contributed by atoms with van der Waals surface area (Å²) in [5.41, 5.74) is 5.57. The van der Waals surface area contributed by atoms with Gasteiger partial charge in [0.2, 0.25) is 5.91 Å². The van der Waals surface area contributed by atoms with E-state index in [1.807, 2.05) is 30.3 Å². The molecule has 7 nitrogen and oxygen atoms in total. The van der Waals surface area contributed by atoms with Gasteiger partial charge in [0.1, 0.15) is 0 Å². The third kappa shape index (κ3) is 4.58. The lowest BCUT2D eigenvalue weighted by Crippen LogP contribution is -2.42. The van der Waals surface area contributed by atoms with Crippen molar-refractivity contribution in [3.05, 3.63) is 77.1 Å². The molecule has 3 aromatic rings. The SMILES string of the molecule is O=C(Cc1ccccc1)NNC(=O)c1ccc(NC(=O)c2ccco2)s1. The van der Waals surface area contributed by atoms with Gasteiger partial charge < -0.3 is 9.73 Å². The molecule has 0 radical (unpaired) electrons. The molecule has 0 saturated heterocycles. The molecule has 0 spiro atoms. The van der Waals surface area contributed by atoms with E-state index in [-0.39, 0.29) is 18.1 Å². The van der Waals surface area contributed by atoms with Crippen LogP contribution in [-0.4, -0.2) is 17.7 Å². The number of anilines is 1. The first-order valence-electron chi connectivity index (χ1n) is 7.69. The number of benzene rings is 1. The summed E-state index contributed by atoms with van der Waals surface area (Å²) in [7, 11) is 0. The predicted octanol–water partition coefficient (Wildman–Crippen LogP) is 2.60. The van der Waals surface area contributed by atoms with Crippen LogP contribution >= 0.6 is 11.3 Å². The molecule has 132 valence electrons. The summed E-state index contributed by atoms with van der Waals surface area (Å²) < 4.78 is 5.00. The number of hydrogen-bond donors (Lipinski definition) is 3. The minimum atomic E-state index is -0.463. The Bertz CT molecular complexity index is 904. The normalized spacial score (nSPS) is 10.2. The smallest absolute Gasteiger partial charge is 0.291 e. The van der Waals surface area contributed by atoms with Gasteiger partial charge in [-0.15, -0.1) is 11.3 Å². The van der Waals surface area contributed by atoms with E-state index in [1.165, 1.54) is 6.26 Å². The number of thiophene rings is 1. The van der Waals surface area contributed by atoms with Crippen molar-refractivity contribution < 1.29 is 18.8 Å². The van der Waals surface area contributed by atoms with E-state index in [2.05, 4.69) is 16.2 Å². The number of carbonyl (C=O) groups excluding carboxylic acids is 3. The maximum absolute atomic E-state index is 12.1. The summed E-state index contributed by atoms with van der Waals surface area (Å²) in [5.74, 6) is -1.01. The fraction of sp³-hybridized carbons (Fsp3) is 0.0556. The molecule has 0 unspecified atom stereocenters.